The number of alkyl halides is 3. The van der Waals surface area contributed by atoms with Gasteiger partial charge in [0.2, 0.25) is 5.91 Å². The van der Waals surface area contributed by atoms with Crippen LogP contribution in [0.1, 0.15) is 19.3 Å². The van der Waals surface area contributed by atoms with Crippen LogP contribution in [0.25, 0.3) is 0 Å². The zero-order valence-electron chi connectivity index (χ0n) is 9.67. The molecule has 6 heteroatoms. The van der Waals surface area contributed by atoms with Crippen molar-refractivity contribution >= 4 is 5.91 Å². The molecule has 1 saturated carbocycles. The summed E-state index contributed by atoms with van der Waals surface area (Å²) in [5.74, 6) is 0.284. The third-order valence-corrected chi connectivity index (χ3v) is 3.54. The van der Waals surface area contributed by atoms with Crippen molar-refractivity contribution in [3.05, 3.63) is 0 Å². The van der Waals surface area contributed by atoms with Crippen LogP contribution in [0.2, 0.25) is 0 Å². The standard InChI is InChI=1S/C11H17F3N2O/c12-11(13,14)8-15-4-6-16(7-5-15)10(17)9-2-1-3-9/h9H,1-8H2. The monoisotopic (exact) mass is 250 g/mol. The van der Waals surface area contributed by atoms with Crippen LogP contribution in [0.4, 0.5) is 13.2 Å². The number of carbonyl (C=O) groups excluding carboxylic acids is 1. The Morgan fingerprint density at radius 2 is 1.71 bits per heavy atom. The van der Waals surface area contributed by atoms with Gasteiger partial charge in [0.05, 0.1) is 6.54 Å². The third kappa shape index (κ3) is 3.34. The first-order valence-electron chi connectivity index (χ1n) is 6.03. The van der Waals surface area contributed by atoms with Gasteiger partial charge in [-0.2, -0.15) is 13.2 Å². The Kier molecular flexibility index (Phi) is 3.61. The number of rotatable bonds is 2. The summed E-state index contributed by atoms with van der Waals surface area (Å²) >= 11 is 0. The second kappa shape index (κ2) is 4.84. The fraction of sp³-hybridized carbons (Fsp3) is 0.909. The lowest BCUT2D eigenvalue weighted by Crippen LogP contribution is -2.52. The fourth-order valence-corrected chi connectivity index (χ4v) is 2.29. The molecule has 98 valence electrons. The molecule has 2 aliphatic rings. The van der Waals surface area contributed by atoms with E-state index in [1.807, 2.05) is 0 Å². The molecule has 1 heterocycles. The maximum Gasteiger partial charge on any atom is 0.401 e. The van der Waals surface area contributed by atoms with Gasteiger partial charge in [-0.15, -0.1) is 0 Å². The first kappa shape index (κ1) is 12.7. The average Bonchev–Trinajstić information content (AvgIpc) is 2.13. The van der Waals surface area contributed by atoms with E-state index in [9.17, 15) is 18.0 Å². The van der Waals surface area contributed by atoms with Gasteiger partial charge in [0, 0.05) is 32.1 Å². The second-order valence-corrected chi connectivity index (χ2v) is 4.84. The number of piperazine rings is 1. The quantitative estimate of drug-likeness (QED) is 0.741. The largest absolute Gasteiger partial charge is 0.401 e. The molecule has 0 aromatic carbocycles. The van der Waals surface area contributed by atoms with Crippen molar-refractivity contribution in [2.75, 3.05) is 32.7 Å². The normalized spacial score (nSPS) is 23.6. The van der Waals surface area contributed by atoms with Crippen LogP contribution in [0.15, 0.2) is 0 Å². The molecule has 0 atom stereocenters. The summed E-state index contributed by atoms with van der Waals surface area (Å²) in [5, 5.41) is 0. The van der Waals surface area contributed by atoms with Crippen LogP contribution in [0, 0.1) is 5.92 Å². The van der Waals surface area contributed by atoms with Crippen molar-refractivity contribution in [1.29, 1.82) is 0 Å². The predicted molar refractivity (Wildman–Crippen MR) is 56.4 cm³/mol. The molecular weight excluding hydrogens is 233 g/mol. The van der Waals surface area contributed by atoms with Gasteiger partial charge < -0.3 is 4.90 Å². The van der Waals surface area contributed by atoms with Gasteiger partial charge in [0.1, 0.15) is 0 Å². The average molecular weight is 250 g/mol. The Morgan fingerprint density at radius 1 is 1.12 bits per heavy atom. The minimum Gasteiger partial charge on any atom is -0.340 e. The SMILES string of the molecule is O=C(C1CCC1)N1CCN(CC(F)(F)F)CC1. The summed E-state index contributed by atoms with van der Waals surface area (Å²) < 4.78 is 36.5. The number of hydrogen-bond donors (Lipinski definition) is 0. The third-order valence-electron chi connectivity index (χ3n) is 3.54. The van der Waals surface area contributed by atoms with Crippen molar-refractivity contribution < 1.29 is 18.0 Å². The number of carbonyl (C=O) groups is 1. The summed E-state index contributed by atoms with van der Waals surface area (Å²) in [6.45, 7) is 0.672. The van der Waals surface area contributed by atoms with E-state index in [0.717, 1.165) is 19.3 Å². The molecule has 0 spiro atoms. The lowest BCUT2D eigenvalue weighted by atomic mass is 9.84. The van der Waals surface area contributed by atoms with Gasteiger partial charge in [0.25, 0.3) is 0 Å². The smallest absolute Gasteiger partial charge is 0.340 e. The van der Waals surface area contributed by atoms with Crippen molar-refractivity contribution in [2.45, 2.75) is 25.4 Å². The fourth-order valence-electron chi connectivity index (χ4n) is 2.29. The summed E-state index contributed by atoms with van der Waals surface area (Å²) in [4.78, 5) is 14.9. The van der Waals surface area contributed by atoms with E-state index >= 15 is 0 Å². The molecule has 2 rings (SSSR count). The number of nitrogens with zero attached hydrogens (tertiary/aromatic N) is 2. The van der Waals surface area contributed by atoms with E-state index < -0.39 is 12.7 Å². The number of halogens is 3. The van der Waals surface area contributed by atoms with E-state index in [4.69, 9.17) is 0 Å². The molecule has 0 bridgehead atoms. The maximum atomic E-state index is 12.2. The van der Waals surface area contributed by atoms with Crippen LogP contribution in [-0.4, -0.2) is 54.6 Å². The first-order valence-corrected chi connectivity index (χ1v) is 6.03. The molecule has 3 nitrogen and oxygen atoms in total. The van der Waals surface area contributed by atoms with Crippen molar-refractivity contribution in [1.82, 2.24) is 9.80 Å². The Balaban J connectivity index is 1.75. The van der Waals surface area contributed by atoms with Gasteiger partial charge in [0.15, 0.2) is 0 Å². The molecule has 17 heavy (non-hydrogen) atoms. The Bertz CT molecular complexity index is 281. The summed E-state index contributed by atoms with van der Waals surface area (Å²) in [6.07, 6.45) is -1.15. The molecular formula is C11H17F3N2O. The van der Waals surface area contributed by atoms with E-state index in [2.05, 4.69) is 0 Å². The van der Waals surface area contributed by atoms with Crippen molar-refractivity contribution in [3.8, 4) is 0 Å². The van der Waals surface area contributed by atoms with Gasteiger partial charge >= 0.3 is 6.18 Å². The first-order chi connectivity index (χ1) is 7.96. The Morgan fingerprint density at radius 3 is 2.12 bits per heavy atom. The molecule has 0 aromatic heterocycles. The van der Waals surface area contributed by atoms with E-state index in [1.165, 1.54) is 4.90 Å². The molecule has 2 fully saturated rings. The number of amides is 1. The summed E-state index contributed by atoms with van der Waals surface area (Å²) in [6, 6.07) is 0. The highest BCUT2D eigenvalue weighted by molar-refractivity contribution is 5.79. The second-order valence-electron chi connectivity index (χ2n) is 4.84. The maximum absolute atomic E-state index is 12.2. The van der Waals surface area contributed by atoms with Crippen LogP contribution < -0.4 is 0 Å². The minimum atomic E-state index is -4.14. The highest BCUT2D eigenvalue weighted by atomic mass is 19.4. The molecule has 1 aliphatic heterocycles. The Labute approximate surface area is 98.6 Å². The zero-order valence-corrected chi connectivity index (χ0v) is 9.67. The van der Waals surface area contributed by atoms with Crippen molar-refractivity contribution in [2.24, 2.45) is 5.92 Å². The van der Waals surface area contributed by atoms with Gasteiger partial charge in [-0.05, 0) is 12.8 Å². The minimum absolute atomic E-state index is 0.142. The molecule has 1 aliphatic carbocycles. The highest BCUT2D eigenvalue weighted by Gasteiger charge is 2.35. The Hall–Kier alpha value is -0.780. The van der Waals surface area contributed by atoms with Crippen LogP contribution in [-0.2, 0) is 4.79 Å². The van der Waals surface area contributed by atoms with Crippen LogP contribution in [0.5, 0.6) is 0 Å². The molecule has 0 unspecified atom stereocenters. The van der Waals surface area contributed by atoms with E-state index in [-0.39, 0.29) is 11.8 Å². The topological polar surface area (TPSA) is 23.6 Å². The molecule has 1 amide bonds. The van der Waals surface area contributed by atoms with Crippen LogP contribution in [0.3, 0.4) is 0 Å². The lowest BCUT2D eigenvalue weighted by Gasteiger charge is -2.38. The summed E-state index contributed by atoms with van der Waals surface area (Å²) in [5.41, 5.74) is 0. The van der Waals surface area contributed by atoms with Crippen molar-refractivity contribution in [3.63, 3.8) is 0 Å². The molecule has 1 saturated heterocycles. The molecule has 0 radical (unpaired) electrons. The lowest BCUT2D eigenvalue weighted by molar-refractivity contribution is -0.153. The zero-order chi connectivity index (χ0) is 12.5. The number of hydrogen-bond acceptors (Lipinski definition) is 2. The van der Waals surface area contributed by atoms with Gasteiger partial charge in [-0.1, -0.05) is 6.42 Å². The van der Waals surface area contributed by atoms with E-state index in [1.54, 1.807) is 4.90 Å². The van der Waals surface area contributed by atoms with Gasteiger partial charge in [-0.25, -0.2) is 0 Å². The predicted octanol–water partition coefficient (Wildman–Crippen LogP) is 1.49. The molecule has 0 N–H and O–H groups in total. The van der Waals surface area contributed by atoms with Crippen LogP contribution >= 0.6 is 0 Å². The van der Waals surface area contributed by atoms with Gasteiger partial charge in [-0.3, -0.25) is 9.69 Å². The van der Waals surface area contributed by atoms with E-state index in [0.29, 0.717) is 26.2 Å². The highest BCUT2D eigenvalue weighted by Crippen LogP contribution is 2.28. The molecule has 0 aromatic rings. The summed E-state index contributed by atoms with van der Waals surface area (Å²) in [7, 11) is 0.